The molecule has 3 nitrogen and oxygen atoms in total. The lowest BCUT2D eigenvalue weighted by atomic mass is 9.73. The number of rotatable bonds is 2. The van der Waals surface area contributed by atoms with Gasteiger partial charge in [0, 0.05) is 6.04 Å². The summed E-state index contributed by atoms with van der Waals surface area (Å²) in [5, 5.41) is -0.701. The molecule has 1 fully saturated rings. The molecular weight excluding hydrogens is 265 g/mol. The van der Waals surface area contributed by atoms with Crippen LogP contribution < -0.4 is 5.73 Å². The van der Waals surface area contributed by atoms with Gasteiger partial charge in [-0.25, -0.2) is 12.8 Å². The lowest BCUT2D eigenvalue weighted by Crippen LogP contribution is -2.52. The minimum absolute atomic E-state index is 0.229. The first-order chi connectivity index (χ1) is 8.77. The Morgan fingerprint density at radius 2 is 1.95 bits per heavy atom. The van der Waals surface area contributed by atoms with E-state index in [1.165, 1.54) is 24.3 Å². The van der Waals surface area contributed by atoms with Crippen molar-refractivity contribution in [3.63, 3.8) is 0 Å². The predicted molar refractivity (Wildman–Crippen MR) is 73.0 cm³/mol. The maximum absolute atomic E-state index is 13.7. The summed E-state index contributed by atoms with van der Waals surface area (Å²) in [5.41, 5.74) is 5.89. The number of hydrogen-bond acceptors (Lipinski definition) is 3. The topological polar surface area (TPSA) is 60.2 Å². The summed E-state index contributed by atoms with van der Waals surface area (Å²) >= 11 is 0. The molecule has 0 heterocycles. The summed E-state index contributed by atoms with van der Waals surface area (Å²) in [6.07, 6.45) is 2.21. The van der Waals surface area contributed by atoms with E-state index in [1.807, 2.05) is 13.8 Å². The third kappa shape index (κ3) is 2.54. The first-order valence-electron chi connectivity index (χ1n) is 6.51. The Hall–Kier alpha value is -0.940. The zero-order chi connectivity index (χ0) is 14.3. The van der Waals surface area contributed by atoms with Crippen LogP contribution in [0.4, 0.5) is 4.39 Å². The SMILES string of the molecule is CC1(C)CCCC(S(=O)(=O)c2ccccc2F)C1N. The van der Waals surface area contributed by atoms with Gasteiger partial charge in [0.2, 0.25) is 0 Å². The Kier molecular flexibility index (Phi) is 3.71. The quantitative estimate of drug-likeness (QED) is 0.908. The van der Waals surface area contributed by atoms with Crippen molar-refractivity contribution in [2.24, 2.45) is 11.1 Å². The van der Waals surface area contributed by atoms with Gasteiger partial charge in [-0.3, -0.25) is 0 Å². The minimum Gasteiger partial charge on any atom is -0.326 e. The molecule has 5 heteroatoms. The second kappa shape index (κ2) is 4.87. The van der Waals surface area contributed by atoms with Crippen molar-refractivity contribution in [1.29, 1.82) is 0 Å². The van der Waals surface area contributed by atoms with Gasteiger partial charge in [0.05, 0.1) is 5.25 Å². The van der Waals surface area contributed by atoms with Gasteiger partial charge in [-0.05, 0) is 30.4 Å². The molecule has 1 aromatic rings. The highest BCUT2D eigenvalue weighted by Gasteiger charge is 2.44. The molecule has 1 saturated carbocycles. The molecule has 0 radical (unpaired) electrons. The molecule has 0 aliphatic heterocycles. The highest BCUT2D eigenvalue weighted by molar-refractivity contribution is 7.92. The van der Waals surface area contributed by atoms with Crippen LogP contribution in [0.1, 0.15) is 33.1 Å². The van der Waals surface area contributed by atoms with Crippen LogP contribution >= 0.6 is 0 Å². The monoisotopic (exact) mass is 285 g/mol. The standard InChI is InChI=1S/C14H20FNO2S/c1-14(2)9-5-8-12(13(14)16)19(17,18)11-7-4-3-6-10(11)15/h3-4,6-7,12-13H,5,8-9,16H2,1-2H3. The molecular formula is C14H20FNO2S. The number of benzene rings is 1. The third-order valence-electron chi connectivity index (χ3n) is 4.15. The summed E-state index contributed by atoms with van der Waals surface area (Å²) in [5.74, 6) is -0.696. The van der Waals surface area contributed by atoms with E-state index in [-0.39, 0.29) is 10.3 Å². The Morgan fingerprint density at radius 3 is 2.58 bits per heavy atom. The van der Waals surface area contributed by atoms with E-state index in [0.29, 0.717) is 6.42 Å². The maximum Gasteiger partial charge on any atom is 0.185 e. The van der Waals surface area contributed by atoms with Gasteiger partial charge in [-0.1, -0.05) is 32.4 Å². The molecule has 0 spiro atoms. The van der Waals surface area contributed by atoms with Gasteiger partial charge < -0.3 is 5.73 Å². The molecule has 0 aromatic heterocycles. The molecule has 0 saturated heterocycles. The van der Waals surface area contributed by atoms with Crippen molar-refractivity contribution in [1.82, 2.24) is 0 Å². The molecule has 1 aliphatic rings. The Morgan fingerprint density at radius 1 is 1.32 bits per heavy atom. The normalized spacial score (nSPS) is 27.2. The second-order valence-corrected chi connectivity index (χ2v) is 8.06. The van der Waals surface area contributed by atoms with E-state index in [1.54, 1.807) is 0 Å². The average Bonchev–Trinajstić information content (AvgIpc) is 2.32. The summed E-state index contributed by atoms with van der Waals surface area (Å²) in [6.45, 7) is 3.95. The fraction of sp³-hybridized carbons (Fsp3) is 0.571. The molecule has 106 valence electrons. The lowest BCUT2D eigenvalue weighted by Gasteiger charge is -2.41. The summed E-state index contributed by atoms with van der Waals surface area (Å²) in [6, 6.07) is 5.05. The zero-order valence-electron chi connectivity index (χ0n) is 11.3. The van der Waals surface area contributed by atoms with E-state index >= 15 is 0 Å². The van der Waals surface area contributed by atoms with Crippen LogP contribution in [0.2, 0.25) is 0 Å². The van der Waals surface area contributed by atoms with Crippen LogP contribution in [0.15, 0.2) is 29.2 Å². The van der Waals surface area contributed by atoms with Crippen LogP contribution in [0.25, 0.3) is 0 Å². The van der Waals surface area contributed by atoms with E-state index < -0.39 is 26.9 Å². The van der Waals surface area contributed by atoms with E-state index in [2.05, 4.69) is 0 Å². The Labute approximate surface area is 113 Å². The maximum atomic E-state index is 13.7. The van der Waals surface area contributed by atoms with Gasteiger partial charge in [-0.15, -0.1) is 0 Å². The molecule has 0 amide bonds. The van der Waals surface area contributed by atoms with Crippen LogP contribution in [0, 0.1) is 11.2 Å². The van der Waals surface area contributed by atoms with Gasteiger partial charge in [0.25, 0.3) is 0 Å². The van der Waals surface area contributed by atoms with Crippen molar-refractivity contribution < 1.29 is 12.8 Å². The fourth-order valence-corrected chi connectivity index (χ4v) is 4.96. The zero-order valence-corrected chi connectivity index (χ0v) is 12.1. The molecule has 1 aliphatic carbocycles. The number of sulfone groups is 1. The van der Waals surface area contributed by atoms with Crippen molar-refractivity contribution in [3.05, 3.63) is 30.1 Å². The number of halogens is 1. The van der Waals surface area contributed by atoms with Gasteiger partial charge in [0.1, 0.15) is 10.7 Å². The second-order valence-electron chi connectivity index (χ2n) is 5.92. The van der Waals surface area contributed by atoms with Crippen molar-refractivity contribution in [3.8, 4) is 0 Å². The van der Waals surface area contributed by atoms with Crippen molar-refractivity contribution >= 4 is 9.84 Å². The van der Waals surface area contributed by atoms with E-state index in [9.17, 15) is 12.8 Å². The number of hydrogen-bond donors (Lipinski definition) is 1. The minimum atomic E-state index is -3.71. The van der Waals surface area contributed by atoms with Gasteiger partial charge in [0.15, 0.2) is 9.84 Å². The summed E-state index contributed by atoms with van der Waals surface area (Å²) < 4.78 is 38.9. The van der Waals surface area contributed by atoms with Crippen LogP contribution in [0.5, 0.6) is 0 Å². The number of nitrogens with two attached hydrogens (primary N) is 1. The highest BCUT2D eigenvalue weighted by atomic mass is 32.2. The van der Waals surface area contributed by atoms with Gasteiger partial charge in [-0.2, -0.15) is 0 Å². The molecule has 2 unspecified atom stereocenters. The lowest BCUT2D eigenvalue weighted by molar-refractivity contribution is 0.204. The van der Waals surface area contributed by atoms with Crippen molar-refractivity contribution in [2.45, 2.75) is 49.3 Å². The highest BCUT2D eigenvalue weighted by Crippen LogP contribution is 2.39. The Balaban J connectivity index is 2.43. The Bertz CT molecular complexity index is 569. The third-order valence-corrected chi connectivity index (χ3v) is 6.42. The molecule has 0 bridgehead atoms. The molecule has 19 heavy (non-hydrogen) atoms. The molecule has 1 aromatic carbocycles. The van der Waals surface area contributed by atoms with Gasteiger partial charge >= 0.3 is 0 Å². The van der Waals surface area contributed by atoms with E-state index in [0.717, 1.165) is 12.8 Å². The summed E-state index contributed by atoms with van der Waals surface area (Å²) in [4.78, 5) is -0.229. The smallest absolute Gasteiger partial charge is 0.185 e. The first-order valence-corrected chi connectivity index (χ1v) is 8.05. The molecule has 2 rings (SSSR count). The first kappa shape index (κ1) is 14.5. The molecule has 2 N–H and O–H groups in total. The largest absolute Gasteiger partial charge is 0.326 e. The fourth-order valence-electron chi connectivity index (χ4n) is 2.80. The van der Waals surface area contributed by atoms with E-state index in [4.69, 9.17) is 5.73 Å². The van der Waals surface area contributed by atoms with Crippen LogP contribution in [0.3, 0.4) is 0 Å². The van der Waals surface area contributed by atoms with Crippen LogP contribution in [-0.4, -0.2) is 19.7 Å². The predicted octanol–water partition coefficient (Wildman–Crippen LogP) is 2.51. The molecule has 2 atom stereocenters. The van der Waals surface area contributed by atoms with Crippen LogP contribution in [-0.2, 0) is 9.84 Å². The summed E-state index contributed by atoms with van der Waals surface area (Å²) in [7, 11) is -3.71. The van der Waals surface area contributed by atoms with Crippen molar-refractivity contribution in [2.75, 3.05) is 0 Å². The average molecular weight is 285 g/mol.